The van der Waals surface area contributed by atoms with E-state index >= 15 is 0 Å². The van der Waals surface area contributed by atoms with Crippen molar-refractivity contribution in [3.8, 4) is 11.5 Å². The molecule has 0 amide bonds. The third-order valence-corrected chi connectivity index (χ3v) is 3.95. The van der Waals surface area contributed by atoms with Crippen LogP contribution in [0.15, 0.2) is 47.1 Å². The first-order valence-electron chi connectivity index (χ1n) is 8.45. The average molecular weight is 388 g/mol. The van der Waals surface area contributed by atoms with Crippen molar-refractivity contribution in [2.75, 3.05) is 11.9 Å². The summed E-state index contributed by atoms with van der Waals surface area (Å²) in [5.74, 6) is -0.443. The van der Waals surface area contributed by atoms with Crippen LogP contribution >= 0.6 is 0 Å². The van der Waals surface area contributed by atoms with Gasteiger partial charge in [0.05, 0.1) is 5.69 Å². The third kappa shape index (κ3) is 3.66. The van der Waals surface area contributed by atoms with Gasteiger partial charge in [-0.2, -0.15) is 22.7 Å². The van der Waals surface area contributed by atoms with Gasteiger partial charge in [-0.25, -0.2) is 9.97 Å². The van der Waals surface area contributed by atoms with Crippen LogP contribution in [0.1, 0.15) is 17.2 Å². The summed E-state index contributed by atoms with van der Waals surface area (Å²) in [6, 6.07) is 11.1. The number of benzene rings is 1. The predicted molar refractivity (Wildman–Crippen MR) is 94.7 cm³/mol. The first-order valence-corrected chi connectivity index (χ1v) is 8.45. The van der Waals surface area contributed by atoms with Crippen molar-refractivity contribution in [2.24, 2.45) is 0 Å². The largest absolute Gasteiger partial charge is 0.453 e. The van der Waals surface area contributed by atoms with Gasteiger partial charge in [-0.05, 0) is 19.1 Å². The number of aromatic nitrogens is 5. The maximum Gasteiger partial charge on any atom is 0.453 e. The summed E-state index contributed by atoms with van der Waals surface area (Å²) in [6.07, 6.45) is -2.55. The molecule has 0 unspecified atom stereocenters. The van der Waals surface area contributed by atoms with Crippen molar-refractivity contribution < 1.29 is 17.6 Å². The lowest BCUT2D eigenvalue weighted by atomic mass is 10.2. The second-order valence-electron chi connectivity index (χ2n) is 6.11. The van der Waals surface area contributed by atoms with Crippen molar-refractivity contribution in [1.82, 2.24) is 24.6 Å². The molecule has 10 heteroatoms. The Morgan fingerprint density at radius 1 is 1.11 bits per heavy atom. The highest BCUT2D eigenvalue weighted by molar-refractivity contribution is 5.52. The molecule has 0 fully saturated rings. The Labute approximate surface area is 157 Å². The monoisotopic (exact) mass is 388 g/mol. The van der Waals surface area contributed by atoms with E-state index in [0.29, 0.717) is 30.4 Å². The summed E-state index contributed by atoms with van der Waals surface area (Å²) in [7, 11) is 0. The van der Waals surface area contributed by atoms with Gasteiger partial charge in [-0.3, -0.25) is 0 Å². The number of fused-ring (bicyclic) bond motifs is 1. The summed E-state index contributed by atoms with van der Waals surface area (Å²) in [5.41, 5.74) is 2.13. The number of anilines is 1. The van der Waals surface area contributed by atoms with E-state index in [4.69, 9.17) is 4.42 Å². The molecular formula is C18H15F3N6O. The van der Waals surface area contributed by atoms with E-state index in [1.54, 1.807) is 19.3 Å². The number of nitrogens with one attached hydrogen (secondary N) is 1. The first-order chi connectivity index (χ1) is 13.4. The molecule has 3 aromatic heterocycles. The maximum atomic E-state index is 12.9. The van der Waals surface area contributed by atoms with Crippen LogP contribution in [-0.2, 0) is 12.6 Å². The number of oxazole rings is 1. The summed E-state index contributed by atoms with van der Waals surface area (Å²) >= 11 is 0. The van der Waals surface area contributed by atoms with Crippen molar-refractivity contribution in [1.29, 1.82) is 0 Å². The Bertz CT molecular complexity index is 1100. The Hall–Kier alpha value is -3.43. The molecule has 0 radical (unpaired) electrons. The minimum absolute atomic E-state index is 0.109. The number of nitrogens with zero attached hydrogens (tertiary/aromatic N) is 5. The van der Waals surface area contributed by atoms with Crippen LogP contribution in [0.4, 0.5) is 19.0 Å². The van der Waals surface area contributed by atoms with E-state index in [0.717, 1.165) is 15.8 Å². The molecule has 0 saturated carbocycles. The number of hydrogen-bond donors (Lipinski definition) is 1. The number of aryl methyl sites for hydroxylation is 1. The number of alkyl halides is 3. The molecule has 3 heterocycles. The van der Waals surface area contributed by atoms with Crippen molar-refractivity contribution in [2.45, 2.75) is 19.5 Å². The second-order valence-corrected chi connectivity index (χ2v) is 6.11. The van der Waals surface area contributed by atoms with E-state index in [1.165, 1.54) is 0 Å². The Balaban J connectivity index is 1.49. The van der Waals surface area contributed by atoms with E-state index in [1.807, 2.05) is 30.3 Å². The zero-order valence-corrected chi connectivity index (χ0v) is 14.7. The molecule has 1 aromatic carbocycles. The number of halogens is 3. The van der Waals surface area contributed by atoms with Crippen LogP contribution in [0, 0.1) is 6.92 Å². The summed E-state index contributed by atoms with van der Waals surface area (Å²) in [5, 5.41) is 6.58. The fourth-order valence-electron chi connectivity index (χ4n) is 2.69. The molecule has 0 saturated heterocycles. The molecule has 144 valence electrons. The topological polar surface area (TPSA) is 81.1 Å². The van der Waals surface area contributed by atoms with Crippen LogP contribution in [0.3, 0.4) is 0 Å². The maximum absolute atomic E-state index is 12.9. The molecule has 0 aliphatic heterocycles. The lowest BCUT2D eigenvalue weighted by Crippen LogP contribution is -2.11. The zero-order valence-electron chi connectivity index (χ0n) is 14.7. The molecule has 1 N–H and O–H groups in total. The van der Waals surface area contributed by atoms with Gasteiger partial charge >= 0.3 is 6.18 Å². The molecule has 0 aliphatic carbocycles. The van der Waals surface area contributed by atoms with Crippen LogP contribution in [0.25, 0.3) is 17.2 Å². The van der Waals surface area contributed by atoms with E-state index in [9.17, 15) is 13.2 Å². The molecule has 7 nitrogen and oxygen atoms in total. The minimum Gasteiger partial charge on any atom is -0.444 e. The fraction of sp³-hybridized carbons (Fsp3) is 0.222. The van der Waals surface area contributed by atoms with Crippen LogP contribution in [-0.4, -0.2) is 31.1 Å². The number of hydrogen-bond acceptors (Lipinski definition) is 6. The molecule has 28 heavy (non-hydrogen) atoms. The van der Waals surface area contributed by atoms with Crippen molar-refractivity contribution in [3.63, 3.8) is 0 Å². The van der Waals surface area contributed by atoms with Gasteiger partial charge < -0.3 is 9.73 Å². The van der Waals surface area contributed by atoms with Crippen LogP contribution < -0.4 is 5.32 Å². The highest BCUT2D eigenvalue weighted by atomic mass is 19.4. The Morgan fingerprint density at radius 3 is 2.64 bits per heavy atom. The lowest BCUT2D eigenvalue weighted by Gasteiger charge is -2.07. The van der Waals surface area contributed by atoms with Crippen molar-refractivity contribution >= 4 is 11.6 Å². The molecule has 0 spiro atoms. The van der Waals surface area contributed by atoms with Gasteiger partial charge in [0, 0.05) is 30.3 Å². The first kappa shape index (κ1) is 18.0. The van der Waals surface area contributed by atoms with Crippen LogP contribution in [0.5, 0.6) is 0 Å². The van der Waals surface area contributed by atoms with Gasteiger partial charge in [0.1, 0.15) is 12.1 Å². The molecule has 0 aliphatic rings. The summed E-state index contributed by atoms with van der Waals surface area (Å²) < 4.78 is 45.1. The minimum atomic E-state index is -4.63. The van der Waals surface area contributed by atoms with E-state index in [-0.39, 0.29) is 5.78 Å². The molecule has 0 bridgehead atoms. The van der Waals surface area contributed by atoms with E-state index < -0.39 is 12.0 Å². The Kier molecular flexibility index (Phi) is 4.46. The molecule has 4 aromatic rings. The van der Waals surface area contributed by atoms with Gasteiger partial charge in [0.2, 0.25) is 5.89 Å². The quantitative estimate of drug-likeness (QED) is 0.561. The summed E-state index contributed by atoms with van der Waals surface area (Å²) in [4.78, 5) is 11.9. The highest BCUT2D eigenvalue weighted by Gasteiger charge is 2.36. The van der Waals surface area contributed by atoms with Gasteiger partial charge in [-0.1, -0.05) is 18.2 Å². The van der Waals surface area contributed by atoms with E-state index in [2.05, 4.69) is 25.4 Å². The molecule has 4 rings (SSSR count). The molecule has 0 atom stereocenters. The standard InChI is InChI=1S/C18H15F3N6O/c1-11-9-14(27-17(23-11)25-16(26-27)18(19,20)21)22-8-7-13-10-28-15(24-13)12-5-3-2-4-6-12/h2-6,9-10,22H,7-8H2,1H3. The van der Waals surface area contributed by atoms with Crippen molar-refractivity contribution in [3.05, 3.63) is 59.9 Å². The van der Waals surface area contributed by atoms with Gasteiger partial charge in [-0.15, -0.1) is 5.10 Å². The number of rotatable bonds is 5. The van der Waals surface area contributed by atoms with Gasteiger partial charge in [0.25, 0.3) is 11.6 Å². The zero-order chi connectivity index (χ0) is 19.7. The highest BCUT2D eigenvalue weighted by Crippen LogP contribution is 2.27. The average Bonchev–Trinajstić information content (AvgIpc) is 3.29. The van der Waals surface area contributed by atoms with Gasteiger partial charge in [0.15, 0.2) is 0 Å². The predicted octanol–water partition coefficient (Wildman–Crippen LogP) is 3.76. The van der Waals surface area contributed by atoms with Crippen LogP contribution in [0.2, 0.25) is 0 Å². The molecular weight excluding hydrogens is 373 g/mol. The fourth-order valence-corrected chi connectivity index (χ4v) is 2.69. The SMILES string of the molecule is Cc1cc(NCCc2coc(-c3ccccc3)n2)n2nc(C(F)(F)F)nc2n1. The smallest absolute Gasteiger partial charge is 0.444 e. The lowest BCUT2D eigenvalue weighted by molar-refractivity contribution is -0.144. The second kappa shape index (κ2) is 6.95. The Morgan fingerprint density at radius 2 is 1.89 bits per heavy atom. The third-order valence-electron chi connectivity index (χ3n) is 3.95. The summed E-state index contributed by atoms with van der Waals surface area (Å²) in [6.45, 7) is 2.09. The normalized spacial score (nSPS) is 11.9.